The SMILES string of the molecule is O=C([O-])C(F)(F)C(F)(F)C(F)(F)C(F)(C(F)(F)F)C(F)(F)F.[NH4+]. The maximum atomic E-state index is 12.8. The molecule has 0 saturated carbocycles. The molecule has 0 bridgehead atoms. The van der Waals surface area contributed by atoms with E-state index in [9.17, 15) is 67.0 Å². The molecule has 4 N–H and O–H groups in total. The van der Waals surface area contributed by atoms with Crippen molar-refractivity contribution in [3.8, 4) is 0 Å². The van der Waals surface area contributed by atoms with Gasteiger partial charge < -0.3 is 16.1 Å². The summed E-state index contributed by atoms with van der Waals surface area (Å²) in [6.45, 7) is 0. The Hall–Kier alpha value is -1.48. The second-order valence-electron chi connectivity index (χ2n) is 3.66. The standard InChI is InChI=1S/C7HF13O2.H3N/c8-2(9,1(21)22)4(11,12)5(13,14)3(10,6(15,16)17)7(18,19)20;/h(H,21,22);1H3. The lowest BCUT2D eigenvalue weighted by molar-refractivity contribution is -0.448. The summed E-state index contributed by atoms with van der Waals surface area (Å²) in [4.78, 5) is 9.58. The number of halogens is 13. The second kappa shape index (κ2) is 5.55. The maximum Gasteiger partial charge on any atom is 0.438 e. The van der Waals surface area contributed by atoms with E-state index in [4.69, 9.17) is 0 Å². The van der Waals surface area contributed by atoms with Gasteiger partial charge in [-0.2, -0.15) is 52.7 Å². The van der Waals surface area contributed by atoms with Crippen molar-refractivity contribution < 1.29 is 67.0 Å². The molecule has 0 unspecified atom stereocenters. The van der Waals surface area contributed by atoms with Gasteiger partial charge >= 0.3 is 35.8 Å². The molecule has 0 aromatic carbocycles. The average Bonchev–Trinajstić information content (AvgIpc) is 2.23. The third-order valence-electron chi connectivity index (χ3n) is 2.26. The second-order valence-corrected chi connectivity index (χ2v) is 3.66. The van der Waals surface area contributed by atoms with Crippen molar-refractivity contribution in [1.82, 2.24) is 6.15 Å². The van der Waals surface area contributed by atoms with E-state index in [1.807, 2.05) is 0 Å². The van der Waals surface area contributed by atoms with Gasteiger partial charge in [-0.25, -0.2) is 4.39 Å². The van der Waals surface area contributed by atoms with Crippen LogP contribution in [0, 0.1) is 0 Å². The fourth-order valence-corrected chi connectivity index (χ4v) is 1.06. The number of carboxylic acid groups (broad SMARTS) is 1. The first-order valence-corrected chi connectivity index (χ1v) is 4.37. The number of carbonyl (C=O) groups excluding carboxylic acids is 1. The summed E-state index contributed by atoms with van der Waals surface area (Å²) >= 11 is 0. The molecule has 23 heavy (non-hydrogen) atoms. The predicted molar refractivity (Wildman–Crippen MR) is 41.8 cm³/mol. The highest BCUT2D eigenvalue weighted by Crippen LogP contribution is 2.61. The van der Waals surface area contributed by atoms with E-state index in [0.29, 0.717) is 0 Å². The molecule has 0 fully saturated rings. The Kier molecular flexibility index (Phi) is 5.74. The van der Waals surface area contributed by atoms with Crippen LogP contribution in [0.25, 0.3) is 0 Å². The summed E-state index contributed by atoms with van der Waals surface area (Å²) in [5.74, 6) is -27.9. The molecule has 140 valence electrons. The minimum atomic E-state index is -8.24. The Morgan fingerprint density at radius 1 is 0.609 bits per heavy atom. The summed E-state index contributed by atoms with van der Waals surface area (Å²) < 4.78 is 160. The van der Waals surface area contributed by atoms with Gasteiger partial charge in [-0.05, 0) is 0 Å². The number of carboxylic acids is 1. The minimum absolute atomic E-state index is 0. The van der Waals surface area contributed by atoms with Crippen LogP contribution in [0.2, 0.25) is 0 Å². The van der Waals surface area contributed by atoms with Crippen LogP contribution in [0.4, 0.5) is 57.1 Å². The van der Waals surface area contributed by atoms with Crippen molar-refractivity contribution in [2.75, 3.05) is 0 Å². The third-order valence-corrected chi connectivity index (χ3v) is 2.26. The summed E-state index contributed by atoms with van der Waals surface area (Å²) in [6.07, 6.45) is -15.7. The molecule has 3 nitrogen and oxygen atoms in total. The molecule has 0 atom stereocenters. The number of quaternary nitrogens is 1. The first-order valence-electron chi connectivity index (χ1n) is 4.37. The summed E-state index contributed by atoms with van der Waals surface area (Å²) in [5.41, 5.74) is -8.16. The van der Waals surface area contributed by atoms with Crippen molar-refractivity contribution in [1.29, 1.82) is 0 Å². The molecule has 0 saturated heterocycles. The molecular weight excluding hydrogens is 377 g/mol. The lowest BCUT2D eigenvalue weighted by Crippen LogP contribution is -2.75. The third kappa shape index (κ3) is 2.87. The zero-order chi connectivity index (χ0) is 18.6. The molecule has 0 radical (unpaired) electrons. The largest absolute Gasteiger partial charge is 0.544 e. The first kappa shape index (κ1) is 23.8. The summed E-state index contributed by atoms with van der Waals surface area (Å²) in [5, 5.41) is 9.58. The fourth-order valence-electron chi connectivity index (χ4n) is 1.06. The van der Waals surface area contributed by atoms with Gasteiger partial charge in [0.25, 0.3) is 0 Å². The smallest absolute Gasteiger partial charge is 0.438 e. The zero-order valence-electron chi connectivity index (χ0n) is 10.2. The van der Waals surface area contributed by atoms with Crippen molar-refractivity contribution in [2.24, 2.45) is 0 Å². The van der Waals surface area contributed by atoms with Crippen LogP contribution in [-0.4, -0.2) is 41.8 Å². The molecule has 0 rings (SSSR count). The van der Waals surface area contributed by atoms with Crippen LogP contribution in [-0.2, 0) is 4.79 Å². The van der Waals surface area contributed by atoms with Gasteiger partial charge in [0.05, 0.1) is 0 Å². The molecule has 0 aliphatic carbocycles. The Labute approximate surface area is 116 Å². The van der Waals surface area contributed by atoms with E-state index in [0.717, 1.165) is 0 Å². The average molecular weight is 381 g/mol. The van der Waals surface area contributed by atoms with Gasteiger partial charge in [0.2, 0.25) is 0 Å². The summed E-state index contributed by atoms with van der Waals surface area (Å²) in [6, 6.07) is 0. The van der Waals surface area contributed by atoms with E-state index in [1.165, 1.54) is 0 Å². The van der Waals surface area contributed by atoms with E-state index < -0.39 is 41.8 Å². The topological polar surface area (TPSA) is 76.6 Å². The van der Waals surface area contributed by atoms with Crippen LogP contribution in [0.5, 0.6) is 0 Å². The highest BCUT2D eigenvalue weighted by atomic mass is 19.4. The molecule has 0 aromatic rings. The predicted octanol–water partition coefficient (Wildman–Crippen LogP) is 2.85. The molecule has 0 spiro atoms. The fraction of sp³-hybridized carbons (Fsp3) is 0.857. The number of carbonyl (C=O) groups is 1. The minimum Gasteiger partial charge on any atom is -0.544 e. The lowest BCUT2D eigenvalue weighted by Gasteiger charge is -2.41. The van der Waals surface area contributed by atoms with Gasteiger partial charge in [-0.15, -0.1) is 0 Å². The summed E-state index contributed by atoms with van der Waals surface area (Å²) in [7, 11) is 0. The molecule has 0 aliphatic rings. The molecule has 0 heterocycles. The van der Waals surface area contributed by atoms with E-state index in [2.05, 4.69) is 0 Å². The van der Waals surface area contributed by atoms with E-state index in [-0.39, 0.29) is 6.15 Å². The van der Waals surface area contributed by atoms with Crippen molar-refractivity contribution in [3.63, 3.8) is 0 Å². The van der Waals surface area contributed by atoms with Crippen molar-refractivity contribution in [3.05, 3.63) is 0 Å². The number of rotatable bonds is 4. The molecule has 0 amide bonds. The Morgan fingerprint density at radius 3 is 1.04 bits per heavy atom. The number of hydrogen-bond donors (Lipinski definition) is 1. The Balaban J connectivity index is 0. The molecule has 0 aliphatic heterocycles. The van der Waals surface area contributed by atoms with Crippen LogP contribution in [0.1, 0.15) is 0 Å². The lowest BCUT2D eigenvalue weighted by atomic mass is 9.87. The van der Waals surface area contributed by atoms with Gasteiger partial charge in [-0.3, -0.25) is 0 Å². The van der Waals surface area contributed by atoms with Gasteiger partial charge in [0.1, 0.15) is 5.97 Å². The molecule has 16 heteroatoms. The Morgan fingerprint density at radius 2 is 0.870 bits per heavy atom. The van der Waals surface area contributed by atoms with E-state index >= 15 is 0 Å². The Bertz CT molecular complexity index is 436. The maximum absolute atomic E-state index is 12.8. The normalized spacial score (nSPS) is 15.2. The van der Waals surface area contributed by atoms with Crippen molar-refractivity contribution in [2.45, 2.75) is 35.8 Å². The van der Waals surface area contributed by atoms with Crippen LogP contribution in [0.15, 0.2) is 0 Å². The highest BCUT2D eigenvalue weighted by Gasteiger charge is 2.93. The quantitative estimate of drug-likeness (QED) is 0.761. The van der Waals surface area contributed by atoms with Crippen LogP contribution in [0.3, 0.4) is 0 Å². The monoisotopic (exact) mass is 381 g/mol. The highest BCUT2D eigenvalue weighted by molar-refractivity contribution is 5.75. The zero-order valence-corrected chi connectivity index (χ0v) is 10.2. The van der Waals surface area contributed by atoms with Crippen molar-refractivity contribution >= 4 is 5.97 Å². The number of hydrogen-bond acceptors (Lipinski definition) is 2. The van der Waals surface area contributed by atoms with Gasteiger partial charge in [0, 0.05) is 0 Å². The van der Waals surface area contributed by atoms with Crippen LogP contribution < -0.4 is 11.3 Å². The number of aliphatic carboxylic acids is 1. The number of alkyl halides is 13. The first-order chi connectivity index (χ1) is 9.19. The van der Waals surface area contributed by atoms with E-state index in [1.54, 1.807) is 0 Å². The van der Waals surface area contributed by atoms with Crippen LogP contribution >= 0.6 is 0 Å². The molecular formula is C7H4F13NO2. The molecule has 0 aromatic heterocycles. The van der Waals surface area contributed by atoms with Gasteiger partial charge in [-0.1, -0.05) is 0 Å². The van der Waals surface area contributed by atoms with Gasteiger partial charge in [0.15, 0.2) is 0 Å².